The lowest BCUT2D eigenvalue weighted by molar-refractivity contribution is -0.139. The summed E-state index contributed by atoms with van der Waals surface area (Å²) < 4.78 is 89.4. The van der Waals surface area contributed by atoms with Gasteiger partial charge in [0.05, 0.1) is 20.5 Å². The van der Waals surface area contributed by atoms with Gasteiger partial charge in [-0.15, -0.1) is 0 Å². The molecule has 0 aliphatic carbocycles. The molecule has 25 heavy (non-hydrogen) atoms. The van der Waals surface area contributed by atoms with E-state index in [1.807, 2.05) is 0 Å². The molecule has 1 aliphatic rings. The van der Waals surface area contributed by atoms with Crippen molar-refractivity contribution in [2.75, 3.05) is 13.1 Å². The van der Waals surface area contributed by atoms with Crippen molar-refractivity contribution < 1.29 is 30.0 Å². The summed E-state index contributed by atoms with van der Waals surface area (Å²) in [6, 6.07) is 3.91. The molecule has 142 valence electrons. The van der Waals surface area contributed by atoms with Gasteiger partial charge in [0.25, 0.3) is 0 Å². The molecule has 0 amide bonds. The summed E-state index contributed by atoms with van der Waals surface area (Å²) in [7, 11) is -8.06. The minimum atomic E-state index is -4.82. The van der Waals surface area contributed by atoms with Crippen molar-refractivity contribution in [2.45, 2.75) is 48.3 Å². The average molecular weight is 399 g/mol. The van der Waals surface area contributed by atoms with Gasteiger partial charge in [0.15, 0.2) is 9.84 Å². The Balaban J connectivity index is 2.39. The standard InChI is InChI=1S/C15H20F3NO4S2/c1-14(2,3)24(20,21)11-8-9-19(10-11)25(22,23)13-7-5-4-6-12(13)15(16,17)18/h4-7,11H,8-10H2,1-3H3. The van der Waals surface area contributed by atoms with Gasteiger partial charge in [-0.2, -0.15) is 17.5 Å². The molecule has 1 atom stereocenters. The first-order valence-corrected chi connectivity index (χ1v) is 10.6. The molecular weight excluding hydrogens is 379 g/mol. The molecule has 0 aromatic heterocycles. The molecule has 5 nitrogen and oxygen atoms in total. The normalized spacial score (nSPS) is 20.8. The van der Waals surface area contributed by atoms with E-state index >= 15 is 0 Å². The lowest BCUT2D eigenvalue weighted by Gasteiger charge is -2.24. The third kappa shape index (κ3) is 3.70. The number of halogens is 3. The van der Waals surface area contributed by atoms with Gasteiger partial charge in [-0.3, -0.25) is 0 Å². The van der Waals surface area contributed by atoms with Crippen LogP contribution < -0.4 is 0 Å². The van der Waals surface area contributed by atoms with Crippen molar-refractivity contribution in [1.29, 1.82) is 0 Å². The van der Waals surface area contributed by atoms with Crippen LogP contribution in [0.25, 0.3) is 0 Å². The van der Waals surface area contributed by atoms with Crippen molar-refractivity contribution in [2.24, 2.45) is 0 Å². The van der Waals surface area contributed by atoms with Crippen molar-refractivity contribution in [3.8, 4) is 0 Å². The van der Waals surface area contributed by atoms with Gasteiger partial charge in [-0.05, 0) is 39.3 Å². The highest BCUT2D eigenvalue weighted by molar-refractivity contribution is 7.93. The molecule has 0 radical (unpaired) electrons. The number of benzene rings is 1. The topological polar surface area (TPSA) is 71.5 Å². The fraction of sp³-hybridized carbons (Fsp3) is 0.600. The van der Waals surface area contributed by atoms with E-state index in [1.165, 1.54) is 26.8 Å². The summed E-state index contributed by atoms with van der Waals surface area (Å²) in [5, 5.41) is -0.930. The number of hydrogen-bond acceptors (Lipinski definition) is 4. The number of hydrogen-bond donors (Lipinski definition) is 0. The molecule has 1 saturated heterocycles. The summed E-state index contributed by atoms with van der Waals surface area (Å²) in [6.45, 7) is 4.07. The molecule has 1 unspecified atom stereocenters. The molecule has 1 aliphatic heterocycles. The van der Waals surface area contributed by atoms with Crippen LogP contribution in [0.15, 0.2) is 29.2 Å². The largest absolute Gasteiger partial charge is 0.417 e. The lowest BCUT2D eigenvalue weighted by Crippen LogP contribution is -2.40. The Hall–Kier alpha value is -1.13. The van der Waals surface area contributed by atoms with Crippen LogP contribution in [0.1, 0.15) is 32.8 Å². The Morgan fingerprint density at radius 2 is 1.60 bits per heavy atom. The molecule has 1 aromatic carbocycles. The second-order valence-corrected chi connectivity index (χ2v) is 11.8. The third-order valence-electron chi connectivity index (χ3n) is 4.21. The van der Waals surface area contributed by atoms with Gasteiger partial charge in [0.2, 0.25) is 10.0 Å². The number of rotatable bonds is 3. The molecule has 2 rings (SSSR count). The maximum absolute atomic E-state index is 13.1. The van der Waals surface area contributed by atoms with Crippen LogP contribution in [-0.2, 0) is 26.0 Å². The fourth-order valence-corrected chi connectivity index (χ4v) is 6.33. The quantitative estimate of drug-likeness (QED) is 0.784. The van der Waals surface area contributed by atoms with E-state index in [9.17, 15) is 30.0 Å². The molecule has 0 saturated carbocycles. The second kappa shape index (κ2) is 6.24. The minimum Gasteiger partial charge on any atom is -0.228 e. The molecule has 0 bridgehead atoms. The highest BCUT2D eigenvalue weighted by Crippen LogP contribution is 2.37. The molecule has 10 heteroatoms. The van der Waals surface area contributed by atoms with Gasteiger partial charge >= 0.3 is 6.18 Å². The van der Waals surface area contributed by atoms with Crippen LogP contribution in [-0.4, -0.2) is 44.2 Å². The molecule has 0 N–H and O–H groups in total. The van der Waals surface area contributed by atoms with Crippen LogP contribution in [0.4, 0.5) is 13.2 Å². The molecule has 1 fully saturated rings. The Kier molecular flexibility index (Phi) is 5.04. The summed E-state index contributed by atoms with van der Waals surface area (Å²) in [5.74, 6) is 0. The second-order valence-electron chi connectivity index (χ2n) is 6.93. The maximum Gasteiger partial charge on any atom is 0.417 e. The van der Waals surface area contributed by atoms with Crippen molar-refractivity contribution in [3.05, 3.63) is 29.8 Å². The molecule has 1 aromatic rings. The number of nitrogens with zero attached hydrogens (tertiary/aromatic N) is 1. The predicted octanol–water partition coefficient (Wildman–Crippen LogP) is 2.68. The number of sulfonamides is 1. The van der Waals surface area contributed by atoms with E-state index in [0.717, 1.165) is 16.4 Å². The van der Waals surface area contributed by atoms with Gasteiger partial charge in [-0.1, -0.05) is 12.1 Å². The van der Waals surface area contributed by atoms with Crippen LogP contribution in [0.3, 0.4) is 0 Å². The highest BCUT2D eigenvalue weighted by Gasteiger charge is 2.45. The van der Waals surface area contributed by atoms with E-state index < -0.39 is 46.5 Å². The predicted molar refractivity (Wildman–Crippen MR) is 87.3 cm³/mol. The summed E-state index contributed by atoms with van der Waals surface area (Å²) in [4.78, 5) is -0.851. The van der Waals surface area contributed by atoms with E-state index in [2.05, 4.69) is 0 Å². The average Bonchev–Trinajstić information content (AvgIpc) is 2.96. The zero-order valence-electron chi connectivity index (χ0n) is 14.0. The number of sulfone groups is 1. The van der Waals surface area contributed by atoms with Crippen LogP contribution >= 0.6 is 0 Å². The van der Waals surface area contributed by atoms with Gasteiger partial charge in [0, 0.05) is 13.1 Å². The SMILES string of the molecule is CC(C)(C)S(=O)(=O)C1CCN(S(=O)(=O)c2ccccc2C(F)(F)F)C1. The van der Waals surface area contributed by atoms with Crippen molar-refractivity contribution in [3.63, 3.8) is 0 Å². The molecule has 0 spiro atoms. The Morgan fingerprint density at radius 1 is 1.04 bits per heavy atom. The lowest BCUT2D eigenvalue weighted by atomic mass is 10.2. The summed E-state index contributed by atoms with van der Waals surface area (Å²) in [6.07, 6.45) is -4.76. The van der Waals surface area contributed by atoms with E-state index in [0.29, 0.717) is 6.07 Å². The van der Waals surface area contributed by atoms with Crippen LogP contribution in [0, 0.1) is 0 Å². The van der Waals surface area contributed by atoms with Crippen molar-refractivity contribution in [1.82, 2.24) is 4.31 Å². The van der Waals surface area contributed by atoms with Gasteiger partial charge < -0.3 is 0 Å². The highest BCUT2D eigenvalue weighted by atomic mass is 32.2. The summed E-state index contributed by atoms with van der Waals surface area (Å²) in [5.41, 5.74) is -1.25. The maximum atomic E-state index is 13.1. The van der Waals surface area contributed by atoms with Gasteiger partial charge in [-0.25, -0.2) is 16.8 Å². The minimum absolute atomic E-state index is 0.0625. The number of alkyl halides is 3. The Morgan fingerprint density at radius 3 is 2.12 bits per heavy atom. The van der Waals surface area contributed by atoms with E-state index in [1.54, 1.807) is 0 Å². The van der Waals surface area contributed by atoms with E-state index in [4.69, 9.17) is 0 Å². The Bertz CT molecular complexity index is 855. The van der Waals surface area contributed by atoms with E-state index in [-0.39, 0.29) is 19.5 Å². The molecular formula is C15H20F3NO4S2. The first kappa shape index (κ1) is 20.2. The van der Waals surface area contributed by atoms with Crippen LogP contribution in [0.2, 0.25) is 0 Å². The first-order chi connectivity index (χ1) is 11.2. The zero-order chi connectivity index (χ0) is 19.3. The van der Waals surface area contributed by atoms with Crippen molar-refractivity contribution >= 4 is 19.9 Å². The summed E-state index contributed by atoms with van der Waals surface area (Å²) >= 11 is 0. The van der Waals surface area contributed by atoms with Crippen LogP contribution in [0.5, 0.6) is 0 Å². The monoisotopic (exact) mass is 399 g/mol. The first-order valence-electron chi connectivity index (χ1n) is 7.59. The Labute approximate surface area is 145 Å². The fourth-order valence-electron chi connectivity index (χ4n) is 2.73. The zero-order valence-corrected chi connectivity index (χ0v) is 15.7. The smallest absolute Gasteiger partial charge is 0.228 e. The third-order valence-corrected chi connectivity index (χ3v) is 9.10. The van der Waals surface area contributed by atoms with Gasteiger partial charge in [0.1, 0.15) is 0 Å². The molecule has 1 heterocycles.